The molecule has 0 radical (unpaired) electrons. The number of rotatable bonds is 24. The quantitative estimate of drug-likeness (QED) is 0.0621. The van der Waals surface area contributed by atoms with Crippen molar-refractivity contribution in [3.05, 3.63) is 71.9 Å². The average Bonchev–Trinajstić information content (AvgIpc) is 3.58. The van der Waals surface area contributed by atoms with Crippen LogP contribution in [0.4, 0.5) is 0 Å². The van der Waals surface area contributed by atoms with Crippen LogP contribution in [0.3, 0.4) is 0 Å². The fraction of sp³-hybridized carbons (Fsp3) is 0.463. The van der Waals surface area contributed by atoms with Crippen LogP contribution in [0.2, 0.25) is 0 Å². The number of amides is 5. The molecular weight excluding hydrogens is 750 g/mol. The molecule has 0 aliphatic carbocycles. The monoisotopic (exact) mass is 805 g/mol. The third kappa shape index (κ3) is 14.8. The zero-order valence-electron chi connectivity index (χ0n) is 33.4. The number of hydrogen-bond donors (Lipinski definition) is 9. The van der Waals surface area contributed by atoms with E-state index in [4.69, 9.17) is 5.11 Å². The summed E-state index contributed by atoms with van der Waals surface area (Å²) >= 11 is 0. The summed E-state index contributed by atoms with van der Waals surface area (Å²) in [5.41, 5.74) is 2.44. The molecule has 0 saturated heterocycles. The van der Waals surface area contributed by atoms with Gasteiger partial charge in [0.2, 0.25) is 29.5 Å². The highest BCUT2D eigenvalue weighted by molar-refractivity contribution is 5.97. The third-order valence-corrected chi connectivity index (χ3v) is 9.35. The number of carbonyl (C=O) groups is 8. The second-order valence-corrected chi connectivity index (χ2v) is 14.8. The molecule has 314 valence electrons. The molecule has 58 heavy (non-hydrogen) atoms. The van der Waals surface area contributed by atoms with Gasteiger partial charge in [-0.1, -0.05) is 76.2 Å². The predicted octanol–water partition coefficient (Wildman–Crippen LogP) is 1.21. The maximum atomic E-state index is 14.1. The Hall–Kier alpha value is -6.10. The average molecular weight is 806 g/mol. The number of hydrogen-bond acceptors (Lipinski definition) is 9. The zero-order valence-corrected chi connectivity index (χ0v) is 33.4. The van der Waals surface area contributed by atoms with Crippen LogP contribution >= 0.6 is 0 Å². The van der Waals surface area contributed by atoms with Gasteiger partial charge in [0.1, 0.15) is 18.1 Å². The van der Waals surface area contributed by atoms with Crippen molar-refractivity contribution in [3.63, 3.8) is 0 Å². The fourth-order valence-corrected chi connectivity index (χ4v) is 6.30. The van der Waals surface area contributed by atoms with Crippen molar-refractivity contribution < 1.29 is 48.6 Å². The summed E-state index contributed by atoms with van der Waals surface area (Å²) in [5.74, 6) is -7.61. The van der Waals surface area contributed by atoms with Crippen LogP contribution in [0, 0.1) is 11.8 Å². The van der Waals surface area contributed by atoms with Crippen LogP contribution in [0.5, 0.6) is 0 Å². The number of H-pyrrole nitrogens is 1. The Morgan fingerprint density at radius 2 is 1.26 bits per heavy atom. The van der Waals surface area contributed by atoms with Crippen molar-refractivity contribution in [3.8, 4) is 0 Å². The van der Waals surface area contributed by atoms with Gasteiger partial charge in [-0.05, 0) is 49.4 Å². The smallest absolute Gasteiger partial charge is 0.305 e. The van der Waals surface area contributed by atoms with Gasteiger partial charge in [0.05, 0.1) is 25.0 Å². The van der Waals surface area contributed by atoms with Crippen LogP contribution in [-0.2, 0) is 51.2 Å². The largest absolute Gasteiger partial charge is 0.481 e. The van der Waals surface area contributed by atoms with Gasteiger partial charge in [-0.3, -0.25) is 38.4 Å². The van der Waals surface area contributed by atoms with Gasteiger partial charge in [-0.15, -0.1) is 0 Å². The summed E-state index contributed by atoms with van der Waals surface area (Å²) < 4.78 is 0. The van der Waals surface area contributed by atoms with Gasteiger partial charge in [-0.2, -0.15) is 0 Å². The Bertz CT molecular complexity index is 1910. The Morgan fingerprint density at radius 3 is 1.88 bits per heavy atom. The summed E-state index contributed by atoms with van der Waals surface area (Å²) in [6.45, 7) is 6.06. The van der Waals surface area contributed by atoms with E-state index in [1.807, 2.05) is 54.6 Å². The maximum absolute atomic E-state index is 14.1. The van der Waals surface area contributed by atoms with Crippen LogP contribution in [0.25, 0.3) is 10.9 Å². The maximum Gasteiger partial charge on any atom is 0.305 e. The number of aromatic nitrogens is 1. The van der Waals surface area contributed by atoms with Gasteiger partial charge >= 0.3 is 11.9 Å². The highest BCUT2D eigenvalue weighted by Crippen LogP contribution is 2.20. The molecule has 0 fully saturated rings. The third-order valence-electron chi connectivity index (χ3n) is 9.35. The van der Waals surface area contributed by atoms with E-state index in [0.29, 0.717) is 6.42 Å². The molecule has 5 amide bonds. The number of carboxylic acid groups (broad SMARTS) is 2. The molecule has 0 saturated carbocycles. The van der Waals surface area contributed by atoms with E-state index in [0.717, 1.165) is 22.0 Å². The van der Waals surface area contributed by atoms with Crippen molar-refractivity contribution in [2.45, 2.75) is 96.4 Å². The summed E-state index contributed by atoms with van der Waals surface area (Å²) in [5, 5.41) is 35.1. The lowest BCUT2D eigenvalue weighted by Crippen LogP contribution is -2.59. The Morgan fingerprint density at radius 1 is 0.655 bits per heavy atom. The van der Waals surface area contributed by atoms with Crippen molar-refractivity contribution in [1.82, 2.24) is 36.9 Å². The van der Waals surface area contributed by atoms with E-state index >= 15 is 0 Å². The number of ketones is 1. The van der Waals surface area contributed by atoms with E-state index < -0.39 is 103 Å². The summed E-state index contributed by atoms with van der Waals surface area (Å²) in [7, 11) is 1.63. The highest BCUT2D eigenvalue weighted by Gasteiger charge is 2.33. The molecule has 9 N–H and O–H groups in total. The normalized spacial score (nSPS) is 13.8. The second kappa shape index (κ2) is 22.6. The number of nitrogens with one attached hydrogen (secondary N) is 7. The van der Waals surface area contributed by atoms with Crippen molar-refractivity contribution >= 4 is 58.2 Å². The molecule has 0 bridgehead atoms. The second-order valence-electron chi connectivity index (χ2n) is 14.8. The first-order chi connectivity index (χ1) is 27.5. The first-order valence-corrected chi connectivity index (χ1v) is 19.2. The number of para-hydroxylation sites is 1. The molecule has 0 unspecified atom stereocenters. The Labute approximate surface area is 336 Å². The molecule has 17 heteroatoms. The van der Waals surface area contributed by atoms with Crippen LogP contribution in [0.1, 0.15) is 64.5 Å². The first-order valence-electron chi connectivity index (χ1n) is 19.2. The number of Topliss-reactive ketones (excluding diaryl/α,β-unsaturated/α-hetero) is 1. The Balaban J connectivity index is 1.80. The van der Waals surface area contributed by atoms with E-state index in [9.17, 15) is 43.5 Å². The summed E-state index contributed by atoms with van der Waals surface area (Å²) in [6, 6.07) is 10.8. The molecule has 17 nitrogen and oxygen atoms in total. The zero-order chi connectivity index (χ0) is 42.9. The lowest BCUT2D eigenvalue weighted by molar-refractivity contribution is -0.141. The summed E-state index contributed by atoms with van der Waals surface area (Å²) in [4.78, 5) is 106. The van der Waals surface area contributed by atoms with Gasteiger partial charge < -0.3 is 47.1 Å². The van der Waals surface area contributed by atoms with Gasteiger partial charge in [-0.25, -0.2) is 0 Å². The number of benzene rings is 2. The van der Waals surface area contributed by atoms with Crippen LogP contribution in [-0.4, -0.2) is 106 Å². The van der Waals surface area contributed by atoms with Gasteiger partial charge in [0, 0.05) is 35.9 Å². The van der Waals surface area contributed by atoms with Crippen LogP contribution < -0.4 is 31.9 Å². The van der Waals surface area contributed by atoms with Gasteiger partial charge in [0.25, 0.3) is 0 Å². The topological polar surface area (TPSA) is 265 Å². The molecule has 3 aromatic rings. The summed E-state index contributed by atoms with van der Waals surface area (Å²) in [6.07, 6.45) is 0.748. The molecule has 0 aliphatic rings. The highest BCUT2D eigenvalue weighted by atomic mass is 16.4. The van der Waals surface area contributed by atoms with E-state index in [2.05, 4.69) is 36.9 Å². The molecule has 5 atom stereocenters. The number of carbonyl (C=O) groups excluding carboxylic acids is 6. The first kappa shape index (κ1) is 46.3. The minimum atomic E-state index is -1.68. The molecule has 3 rings (SSSR count). The number of fused-ring (bicyclic) bond motifs is 1. The lowest BCUT2D eigenvalue weighted by Gasteiger charge is -2.27. The van der Waals surface area contributed by atoms with Crippen molar-refractivity contribution in [2.24, 2.45) is 11.8 Å². The molecular formula is C41H55N7O10. The van der Waals surface area contributed by atoms with Crippen molar-refractivity contribution in [1.29, 1.82) is 0 Å². The fourth-order valence-electron chi connectivity index (χ4n) is 6.30. The van der Waals surface area contributed by atoms with Gasteiger partial charge in [0.15, 0.2) is 5.78 Å². The number of aromatic amines is 1. The molecule has 1 aromatic heterocycles. The van der Waals surface area contributed by atoms with Crippen LogP contribution in [0.15, 0.2) is 60.8 Å². The molecule has 1 heterocycles. The molecule has 0 aliphatic heterocycles. The number of likely N-dealkylation sites (N-methyl/N-ethyl adjacent to an activating group) is 1. The van der Waals surface area contributed by atoms with Crippen molar-refractivity contribution in [2.75, 3.05) is 13.6 Å². The SMILES string of the molecule is CN[C@@H](Cc1ccccc1)C(=O)N[C@@H](Cc1c[nH]c2ccccc12)C(=O)N[C@@H](CC(C)C)C(=O)N[C@@H](CC(=O)O)C(=O)NCC(=O)N[C@@H](CCC(=O)O)C(=O)C(C)C. The molecule has 2 aromatic carbocycles. The number of carboxylic acids is 2. The number of aliphatic carboxylic acids is 2. The van der Waals surface area contributed by atoms with E-state index in [1.54, 1.807) is 40.9 Å². The minimum absolute atomic E-state index is 0.0470. The lowest BCUT2D eigenvalue weighted by atomic mass is 9.98. The van der Waals surface area contributed by atoms with E-state index in [1.165, 1.54) is 0 Å². The minimum Gasteiger partial charge on any atom is -0.481 e. The predicted molar refractivity (Wildman–Crippen MR) is 214 cm³/mol. The molecule has 0 spiro atoms. The standard InChI is InChI=1S/C41H55N7O10/c1-23(2)17-31(40(57)48-33(20-36(52)53)38(55)44-22-34(49)45-29(15-16-35(50)51)37(54)24(3)4)46-41(58)32(19-26-21-43-28-14-10-9-13-27(26)28)47-39(56)30(42-5)18-25-11-7-6-8-12-25/h6-14,21,23-24,29-33,42-43H,15-20,22H2,1-5H3,(H,44,55)(H,45,49)(H,46,58)(H,47,56)(H,48,57)(H,50,51)(H,52,53)/t29-,30-,31-,32-,33-/m0/s1. The van der Waals surface area contributed by atoms with E-state index in [-0.39, 0.29) is 25.2 Å². The Kier molecular flexibility index (Phi) is 18.0.